The number of benzene rings is 1. The predicted molar refractivity (Wildman–Crippen MR) is 84.4 cm³/mol. The predicted octanol–water partition coefficient (Wildman–Crippen LogP) is 2.84. The zero-order valence-corrected chi connectivity index (χ0v) is 14.0. The van der Waals surface area contributed by atoms with Crippen LogP contribution < -0.4 is 0 Å². The standard InChI is InChI=1S/C17H15F2N3O4/c1-9(2)8-21-13(14(18)19)12(7-20-21)17(25)26-22-15(23)10-5-3-4-6-11(10)16(22)24/h3-7,9,14H,8H2,1-2H3. The van der Waals surface area contributed by atoms with Crippen LogP contribution in [0.15, 0.2) is 30.5 Å². The van der Waals surface area contributed by atoms with E-state index in [9.17, 15) is 23.2 Å². The molecule has 0 N–H and O–H groups in total. The molecule has 1 aromatic heterocycles. The van der Waals surface area contributed by atoms with E-state index in [-0.39, 0.29) is 28.7 Å². The van der Waals surface area contributed by atoms with Gasteiger partial charge in [0.05, 0.1) is 17.3 Å². The highest BCUT2D eigenvalue weighted by molar-refractivity contribution is 6.21. The highest BCUT2D eigenvalue weighted by Gasteiger charge is 2.39. The molecule has 2 heterocycles. The summed E-state index contributed by atoms with van der Waals surface area (Å²) in [6.45, 7) is 3.81. The number of nitrogens with zero attached hydrogens (tertiary/aromatic N) is 3. The molecular weight excluding hydrogens is 348 g/mol. The summed E-state index contributed by atoms with van der Waals surface area (Å²) in [5, 5.41) is 4.08. The molecule has 0 fully saturated rings. The topological polar surface area (TPSA) is 81.5 Å². The van der Waals surface area contributed by atoms with Crippen LogP contribution >= 0.6 is 0 Å². The maximum atomic E-state index is 13.4. The molecule has 0 radical (unpaired) electrons. The van der Waals surface area contributed by atoms with Crippen LogP contribution in [0.3, 0.4) is 0 Å². The largest absolute Gasteiger partial charge is 0.367 e. The van der Waals surface area contributed by atoms with Crippen molar-refractivity contribution in [1.29, 1.82) is 0 Å². The second-order valence-corrected chi connectivity index (χ2v) is 6.15. The third-order valence-electron chi connectivity index (χ3n) is 3.78. The molecule has 0 aliphatic carbocycles. The molecule has 9 heteroatoms. The van der Waals surface area contributed by atoms with Crippen LogP contribution in [0.4, 0.5) is 8.78 Å². The first-order valence-electron chi connectivity index (χ1n) is 7.85. The number of hydroxylamine groups is 2. The van der Waals surface area contributed by atoms with Crippen molar-refractivity contribution in [2.75, 3.05) is 0 Å². The van der Waals surface area contributed by atoms with Crippen LogP contribution in [0, 0.1) is 5.92 Å². The molecule has 2 amide bonds. The van der Waals surface area contributed by atoms with Crippen molar-refractivity contribution in [2.45, 2.75) is 26.8 Å². The fourth-order valence-electron chi connectivity index (χ4n) is 2.66. The molecule has 1 aromatic carbocycles. The number of amides is 2. The first kappa shape index (κ1) is 17.7. The van der Waals surface area contributed by atoms with Gasteiger partial charge in [0.2, 0.25) is 0 Å². The Labute approximate surface area is 147 Å². The fraction of sp³-hybridized carbons (Fsp3) is 0.294. The highest BCUT2D eigenvalue weighted by atomic mass is 19.3. The number of hydrogen-bond donors (Lipinski definition) is 0. The van der Waals surface area contributed by atoms with Crippen LogP contribution in [0.5, 0.6) is 0 Å². The summed E-state index contributed by atoms with van der Waals surface area (Å²) in [7, 11) is 0. The van der Waals surface area contributed by atoms with Gasteiger partial charge in [0, 0.05) is 6.54 Å². The monoisotopic (exact) mass is 363 g/mol. The molecule has 3 rings (SSSR count). The molecule has 136 valence electrons. The number of carbonyl (C=O) groups excluding carboxylic acids is 3. The van der Waals surface area contributed by atoms with E-state index in [1.165, 1.54) is 12.1 Å². The molecule has 0 atom stereocenters. The minimum absolute atomic E-state index is 0.0208. The summed E-state index contributed by atoms with van der Waals surface area (Å²) in [4.78, 5) is 41.5. The van der Waals surface area contributed by atoms with E-state index in [1.807, 2.05) is 13.8 Å². The van der Waals surface area contributed by atoms with Crippen molar-refractivity contribution in [3.63, 3.8) is 0 Å². The molecule has 7 nitrogen and oxygen atoms in total. The summed E-state index contributed by atoms with van der Waals surface area (Å²) in [5.74, 6) is -2.88. The Morgan fingerprint density at radius 2 is 1.73 bits per heavy atom. The molecule has 0 unspecified atom stereocenters. The van der Waals surface area contributed by atoms with Gasteiger partial charge in [-0.15, -0.1) is 0 Å². The van der Waals surface area contributed by atoms with Crippen LogP contribution in [-0.2, 0) is 11.4 Å². The Morgan fingerprint density at radius 3 is 2.23 bits per heavy atom. The second-order valence-electron chi connectivity index (χ2n) is 6.15. The van der Waals surface area contributed by atoms with Crippen LogP contribution in [0.25, 0.3) is 0 Å². The minimum atomic E-state index is -2.97. The van der Waals surface area contributed by atoms with E-state index in [0.717, 1.165) is 10.9 Å². The summed E-state index contributed by atoms with van der Waals surface area (Å²) in [5.41, 5.74) is -0.942. The second kappa shape index (κ2) is 6.66. The Morgan fingerprint density at radius 1 is 1.15 bits per heavy atom. The molecule has 1 aliphatic heterocycles. The number of fused-ring (bicyclic) bond motifs is 1. The van der Waals surface area contributed by atoms with E-state index >= 15 is 0 Å². The maximum absolute atomic E-state index is 13.4. The third-order valence-corrected chi connectivity index (χ3v) is 3.78. The summed E-state index contributed by atoms with van der Waals surface area (Å²) < 4.78 is 27.8. The van der Waals surface area contributed by atoms with Gasteiger partial charge in [-0.05, 0) is 18.1 Å². The number of imide groups is 1. The van der Waals surface area contributed by atoms with E-state index in [2.05, 4.69) is 5.10 Å². The van der Waals surface area contributed by atoms with Crippen molar-refractivity contribution in [2.24, 2.45) is 5.92 Å². The highest BCUT2D eigenvalue weighted by Crippen LogP contribution is 2.27. The van der Waals surface area contributed by atoms with Gasteiger partial charge in [-0.25, -0.2) is 13.6 Å². The zero-order valence-electron chi connectivity index (χ0n) is 14.0. The fourth-order valence-corrected chi connectivity index (χ4v) is 2.66. The maximum Gasteiger partial charge on any atom is 0.367 e. The van der Waals surface area contributed by atoms with Gasteiger partial charge in [0.25, 0.3) is 18.2 Å². The average molecular weight is 363 g/mol. The third kappa shape index (κ3) is 2.96. The average Bonchev–Trinajstić information content (AvgIpc) is 3.10. The number of hydrogen-bond acceptors (Lipinski definition) is 5. The van der Waals surface area contributed by atoms with Gasteiger partial charge in [0.1, 0.15) is 11.3 Å². The van der Waals surface area contributed by atoms with E-state index in [4.69, 9.17) is 4.84 Å². The van der Waals surface area contributed by atoms with Crippen LogP contribution in [-0.4, -0.2) is 32.6 Å². The summed E-state index contributed by atoms with van der Waals surface area (Å²) >= 11 is 0. The van der Waals surface area contributed by atoms with Gasteiger partial charge >= 0.3 is 5.97 Å². The normalized spacial score (nSPS) is 13.7. The SMILES string of the molecule is CC(C)Cn1ncc(C(=O)ON2C(=O)c3ccccc3C2=O)c1C(F)F. The minimum Gasteiger partial charge on any atom is -0.324 e. The Balaban J connectivity index is 1.87. The first-order chi connectivity index (χ1) is 12.3. The number of carbonyl (C=O) groups is 3. The molecule has 0 saturated carbocycles. The molecule has 2 aromatic rings. The first-order valence-corrected chi connectivity index (χ1v) is 7.85. The lowest BCUT2D eigenvalue weighted by Gasteiger charge is -2.14. The van der Waals surface area contributed by atoms with E-state index < -0.39 is 35.5 Å². The molecule has 0 spiro atoms. The Kier molecular flexibility index (Phi) is 4.54. The lowest BCUT2D eigenvalue weighted by Crippen LogP contribution is -2.33. The van der Waals surface area contributed by atoms with Crippen molar-refractivity contribution >= 4 is 17.8 Å². The molecule has 1 aliphatic rings. The van der Waals surface area contributed by atoms with Gasteiger partial charge in [-0.3, -0.25) is 14.3 Å². The zero-order chi connectivity index (χ0) is 19.0. The summed E-state index contributed by atoms with van der Waals surface area (Å²) in [6.07, 6.45) is -2.02. The quantitative estimate of drug-likeness (QED) is 0.763. The molecule has 0 saturated heterocycles. The molecule has 0 bridgehead atoms. The molecule has 26 heavy (non-hydrogen) atoms. The van der Waals surface area contributed by atoms with E-state index in [0.29, 0.717) is 0 Å². The van der Waals surface area contributed by atoms with Crippen molar-refractivity contribution in [1.82, 2.24) is 14.8 Å². The van der Waals surface area contributed by atoms with Gasteiger partial charge in [-0.2, -0.15) is 5.10 Å². The van der Waals surface area contributed by atoms with Gasteiger partial charge in [-0.1, -0.05) is 31.0 Å². The number of alkyl halides is 2. The van der Waals surface area contributed by atoms with Gasteiger partial charge < -0.3 is 4.84 Å². The van der Waals surface area contributed by atoms with Crippen molar-refractivity contribution < 1.29 is 28.0 Å². The lowest BCUT2D eigenvalue weighted by molar-refractivity contribution is -0.0587. The smallest absolute Gasteiger partial charge is 0.324 e. The number of halogens is 2. The lowest BCUT2D eigenvalue weighted by atomic mass is 10.1. The van der Waals surface area contributed by atoms with Crippen LogP contribution in [0.2, 0.25) is 0 Å². The number of aromatic nitrogens is 2. The Bertz CT molecular complexity index is 857. The number of rotatable bonds is 5. The van der Waals surface area contributed by atoms with Crippen LogP contribution in [0.1, 0.15) is 57.0 Å². The molecular formula is C17H15F2N3O4. The van der Waals surface area contributed by atoms with Crippen molar-refractivity contribution in [3.05, 3.63) is 52.8 Å². The Hall–Kier alpha value is -3.10. The van der Waals surface area contributed by atoms with E-state index in [1.54, 1.807) is 12.1 Å². The summed E-state index contributed by atoms with van der Waals surface area (Å²) in [6, 6.07) is 5.93. The van der Waals surface area contributed by atoms with Gasteiger partial charge in [0.15, 0.2) is 0 Å². The van der Waals surface area contributed by atoms with Crippen molar-refractivity contribution in [3.8, 4) is 0 Å².